The molecular formula is C15H18N2O3S. The molecule has 1 aromatic carbocycles. The van der Waals surface area contributed by atoms with E-state index >= 15 is 0 Å². The number of aliphatic hydroxyl groups excluding tert-OH is 1. The average molecular weight is 306 g/mol. The van der Waals surface area contributed by atoms with E-state index in [9.17, 15) is 8.42 Å². The maximum Gasteiger partial charge on any atom is 0.218 e. The fourth-order valence-corrected chi connectivity index (χ4v) is 3.15. The summed E-state index contributed by atoms with van der Waals surface area (Å²) in [4.78, 5) is 3.98. The van der Waals surface area contributed by atoms with Crippen LogP contribution in [0.1, 0.15) is 16.7 Å². The molecule has 112 valence electrons. The van der Waals surface area contributed by atoms with E-state index in [1.807, 2.05) is 6.07 Å². The van der Waals surface area contributed by atoms with Crippen molar-refractivity contribution in [3.8, 4) is 0 Å². The number of hydrogen-bond donors (Lipinski definition) is 1. The van der Waals surface area contributed by atoms with Gasteiger partial charge in [-0.3, -0.25) is 4.98 Å². The predicted octanol–water partition coefficient (Wildman–Crippen LogP) is 1.54. The third-order valence-electron chi connectivity index (χ3n) is 3.13. The second-order valence-corrected chi connectivity index (χ2v) is 6.93. The maximum atomic E-state index is 12.3. The highest BCUT2D eigenvalue weighted by molar-refractivity contribution is 7.88. The van der Waals surface area contributed by atoms with Gasteiger partial charge in [-0.1, -0.05) is 30.3 Å². The SMILES string of the molecule is CN(Cc1cccnc1)S(=O)(=O)Cc1cccc(CO)c1. The Balaban J connectivity index is 2.10. The molecule has 2 aromatic rings. The van der Waals surface area contributed by atoms with Gasteiger partial charge in [0.1, 0.15) is 0 Å². The van der Waals surface area contributed by atoms with Crippen LogP contribution in [0, 0.1) is 0 Å². The number of aromatic nitrogens is 1. The van der Waals surface area contributed by atoms with Gasteiger partial charge in [-0.15, -0.1) is 0 Å². The molecule has 0 aliphatic rings. The lowest BCUT2D eigenvalue weighted by Crippen LogP contribution is -2.27. The van der Waals surface area contributed by atoms with Gasteiger partial charge in [0.2, 0.25) is 10.0 Å². The summed E-state index contributed by atoms with van der Waals surface area (Å²) in [5.74, 6) is -0.0857. The van der Waals surface area contributed by atoms with Crippen molar-refractivity contribution in [1.82, 2.24) is 9.29 Å². The zero-order valence-electron chi connectivity index (χ0n) is 11.8. The van der Waals surface area contributed by atoms with Crippen molar-refractivity contribution >= 4 is 10.0 Å². The topological polar surface area (TPSA) is 70.5 Å². The first-order valence-corrected chi connectivity index (χ1v) is 8.14. The van der Waals surface area contributed by atoms with Crippen molar-refractivity contribution in [3.63, 3.8) is 0 Å². The summed E-state index contributed by atoms with van der Waals surface area (Å²) >= 11 is 0. The van der Waals surface area contributed by atoms with Crippen LogP contribution >= 0.6 is 0 Å². The fraction of sp³-hybridized carbons (Fsp3) is 0.267. The molecule has 0 aliphatic heterocycles. The molecule has 21 heavy (non-hydrogen) atoms. The highest BCUT2D eigenvalue weighted by Gasteiger charge is 2.19. The first-order chi connectivity index (χ1) is 10.0. The Hall–Kier alpha value is -1.76. The summed E-state index contributed by atoms with van der Waals surface area (Å²) in [5, 5.41) is 9.10. The molecule has 2 rings (SSSR count). The van der Waals surface area contributed by atoms with Gasteiger partial charge in [-0.05, 0) is 22.8 Å². The number of rotatable bonds is 6. The minimum atomic E-state index is -3.41. The van der Waals surface area contributed by atoms with Gasteiger partial charge < -0.3 is 5.11 Å². The quantitative estimate of drug-likeness (QED) is 0.879. The monoisotopic (exact) mass is 306 g/mol. The average Bonchev–Trinajstić information content (AvgIpc) is 2.48. The van der Waals surface area contributed by atoms with E-state index < -0.39 is 10.0 Å². The van der Waals surface area contributed by atoms with E-state index in [0.29, 0.717) is 11.1 Å². The van der Waals surface area contributed by atoms with E-state index in [-0.39, 0.29) is 18.9 Å². The van der Waals surface area contributed by atoms with E-state index in [1.165, 1.54) is 4.31 Å². The van der Waals surface area contributed by atoms with Crippen molar-refractivity contribution in [3.05, 3.63) is 65.5 Å². The molecule has 0 atom stereocenters. The van der Waals surface area contributed by atoms with Crippen molar-refractivity contribution in [2.24, 2.45) is 0 Å². The Morgan fingerprint density at radius 3 is 2.52 bits per heavy atom. The Bertz CT molecular complexity index is 687. The maximum absolute atomic E-state index is 12.3. The Labute approximate surface area is 124 Å². The van der Waals surface area contributed by atoms with E-state index in [0.717, 1.165) is 5.56 Å². The minimum absolute atomic E-state index is 0.0857. The highest BCUT2D eigenvalue weighted by atomic mass is 32.2. The third-order valence-corrected chi connectivity index (χ3v) is 4.90. The summed E-state index contributed by atoms with van der Waals surface area (Å²) in [6.07, 6.45) is 3.30. The second kappa shape index (κ2) is 6.80. The minimum Gasteiger partial charge on any atom is -0.392 e. The zero-order valence-corrected chi connectivity index (χ0v) is 12.6. The van der Waals surface area contributed by atoms with Crippen LogP contribution < -0.4 is 0 Å². The molecule has 0 spiro atoms. The van der Waals surface area contributed by atoms with E-state index in [1.54, 1.807) is 49.8 Å². The lowest BCUT2D eigenvalue weighted by Gasteiger charge is -2.17. The first-order valence-electron chi connectivity index (χ1n) is 6.53. The summed E-state index contributed by atoms with van der Waals surface area (Å²) < 4.78 is 26.0. The molecule has 0 saturated carbocycles. The molecule has 1 aromatic heterocycles. The van der Waals surface area contributed by atoms with Gasteiger partial charge >= 0.3 is 0 Å². The van der Waals surface area contributed by atoms with E-state index in [2.05, 4.69) is 4.98 Å². The first kappa shape index (κ1) is 15.6. The third kappa shape index (κ3) is 4.35. The Morgan fingerprint density at radius 2 is 1.86 bits per heavy atom. The molecule has 0 bridgehead atoms. The van der Waals surface area contributed by atoms with Crippen LogP contribution in [0.4, 0.5) is 0 Å². The van der Waals surface area contributed by atoms with Gasteiger partial charge in [-0.2, -0.15) is 0 Å². The van der Waals surface area contributed by atoms with E-state index in [4.69, 9.17) is 5.11 Å². The predicted molar refractivity (Wildman–Crippen MR) is 80.7 cm³/mol. The molecule has 0 amide bonds. The zero-order chi connectivity index (χ0) is 15.3. The lowest BCUT2D eigenvalue weighted by atomic mass is 10.1. The van der Waals surface area contributed by atoms with Gasteiger partial charge in [0, 0.05) is 26.0 Å². The summed E-state index contributed by atoms with van der Waals surface area (Å²) in [6, 6.07) is 10.6. The molecule has 0 aliphatic carbocycles. The molecule has 0 radical (unpaired) electrons. The molecule has 1 N–H and O–H groups in total. The van der Waals surface area contributed by atoms with Gasteiger partial charge in [-0.25, -0.2) is 12.7 Å². The van der Waals surface area contributed by atoms with Crippen molar-refractivity contribution in [2.75, 3.05) is 7.05 Å². The summed E-state index contributed by atoms with van der Waals surface area (Å²) in [6.45, 7) is 0.190. The molecule has 5 nitrogen and oxygen atoms in total. The Kier molecular flexibility index (Phi) is 5.06. The number of hydrogen-bond acceptors (Lipinski definition) is 4. The second-order valence-electron chi connectivity index (χ2n) is 4.85. The van der Waals surface area contributed by atoms with Crippen LogP contribution in [0.3, 0.4) is 0 Å². The summed E-state index contributed by atoms with van der Waals surface area (Å²) in [7, 11) is -1.86. The van der Waals surface area contributed by atoms with Gasteiger partial charge in [0.25, 0.3) is 0 Å². The number of nitrogens with zero attached hydrogens (tertiary/aromatic N) is 2. The van der Waals surface area contributed by atoms with Crippen molar-refractivity contribution < 1.29 is 13.5 Å². The number of pyridine rings is 1. The summed E-state index contributed by atoms with van der Waals surface area (Å²) in [5.41, 5.74) is 2.21. The highest BCUT2D eigenvalue weighted by Crippen LogP contribution is 2.14. The van der Waals surface area contributed by atoms with Crippen molar-refractivity contribution in [2.45, 2.75) is 18.9 Å². The smallest absolute Gasteiger partial charge is 0.218 e. The van der Waals surface area contributed by atoms with Crippen molar-refractivity contribution in [1.29, 1.82) is 0 Å². The molecule has 0 saturated heterocycles. The lowest BCUT2D eigenvalue weighted by molar-refractivity contribution is 0.281. The number of sulfonamides is 1. The molecular weight excluding hydrogens is 288 g/mol. The van der Waals surface area contributed by atoms with Gasteiger partial charge in [0.15, 0.2) is 0 Å². The Morgan fingerprint density at radius 1 is 1.14 bits per heavy atom. The van der Waals surface area contributed by atoms with Crippen LogP contribution in [0.5, 0.6) is 0 Å². The van der Waals surface area contributed by atoms with Crippen LogP contribution in [0.2, 0.25) is 0 Å². The largest absolute Gasteiger partial charge is 0.392 e. The van der Waals surface area contributed by atoms with Gasteiger partial charge in [0.05, 0.1) is 12.4 Å². The van der Waals surface area contributed by atoms with Crippen LogP contribution in [-0.2, 0) is 28.9 Å². The van der Waals surface area contributed by atoms with Crippen LogP contribution in [0.25, 0.3) is 0 Å². The molecule has 0 unspecified atom stereocenters. The number of aliphatic hydroxyl groups is 1. The van der Waals surface area contributed by atoms with Crippen LogP contribution in [-0.4, -0.2) is 29.9 Å². The number of benzene rings is 1. The standard InChI is InChI=1S/C15H18N2O3S/c1-17(10-15-6-3-7-16-9-15)21(19,20)12-14-5-2-4-13(8-14)11-18/h2-9,18H,10-12H2,1H3. The molecule has 0 fully saturated rings. The van der Waals surface area contributed by atoms with Crippen LogP contribution in [0.15, 0.2) is 48.8 Å². The molecule has 6 heteroatoms. The normalized spacial score (nSPS) is 11.8. The fourth-order valence-electron chi connectivity index (χ4n) is 1.99. The molecule has 1 heterocycles.